The van der Waals surface area contributed by atoms with E-state index < -0.39 is 10.0 Å². The van der Waals surface area contributed by atoms with Crippen molar-refractivity contribution in [1.82, 2.24) is 19.7 Å². The third kappa shape index (κ3) is 4.79. The van der Waals surface area contributed by atoms with Gasteiger partial charge in [0.25, 0.3) is 0 Å². The first-order valence-corrected chi connectivity index (χ1v) is 11.7. The molecule has 166 valence electrons. The van der Waals surface area contributed by atoms with Crippen molar-refractivity contribution in [1.29, 1.82) is 0 Å². The van der Waals surface area contributed by atoms with E-state index in [0.29, 0.717) is 23.2 Å². The van der Waals surface area contributed by atoms with Crippen LogP contribution in [0.1, 0.15) is 12.8 Å². The number of rotatable bonds is 8. The van der Waals surface area contributed by atoms with Crippen molar-refractivity contribution in [3.05, 3.63) is 36.5 Å². The van der Waals surface area contributed by atoms with Gasteiger partial charge in [0.2, 0.25) is 16.0 Å². The van der Waals surface area contributed by atoms with Crippen LogP contribution in [0.2, 0.25) is 0 Å². The Morgan fingerprint density at radius 1 is 1.10 bits per heavy atom. The molecule has 1 fully saturated rings. The first kappa shape index (κ1) is 21.5. The molecular weight excluding hydrogens is 420 g/mol. The van der Waals surface area contributed by atoms with Gasteiger partial charge in [-0.05, 0) is 49.1 Å². The summed E-state index contributed by atoms with van der Waals surface area (Å²) in [5.41, 5.74) is 1.36. The van der Waals surface area contributed by atoms with E-state index in [4.69, 9.17) is 10.1 Å². The zero-order valence-electron chi connectivity index (χ0n) is 17.0. The topological polar surface area (TPSA) is 143 Å². The second kappa shape index (κ2) is 9.18. The van der Waals surface area contributed by atoms with Crippen LogP contribution in [0.25, 0.3) is 11.0 Å². The Kier molecular flexibility index (Phi) is 6.37. The average Bonchev–Trinajstić information content (AvgIpc) is 3.26. The summed E-state index contributed by atoms with van der Waals surface area (Å²) in [4.78, 5) is 14.7. The van der Waals surface area contributed by atoms with Crippen LogP contribution in [-0.4, -0.2) is 66.4 Å². The normalized spacial score (nSPS) is 15.5. The van der Waals surface area contributed by atoms with Gasteiger partial charge in [0, 0.05) is 38.1 Å². The number of benzene rings is 1. The molecule has 0 radical (unpaired) electrons. The fourth-order valence-corrected chi connectivity index (χ4v) is 4.68. The second-order valence-electron chi connectivity index (χ2n) is 7.49. The maximum Gasteiger partial charge on any atom is 0.240 e. The number of anilines is 3. The van der Waals surface area contributed by atoms with Gasteiger partial charge in [-0.25, -0.2) is 13.1 Å². The van der Waals surface area contributed by atoms with E-state index >= 15 is 0 Å². The fraction of sp³-hybridized carbons (Fsp3) is 0.400. The Morgan fingerprint density at radius 3 is 2.52 bits per heavy atom. The summed E-state index contributed by atoms with van der Waals surface area (Å²) >= 11 is 0. The third-order valence-corrected chi connectivity index (χ3v) is 6.87. The van der Waals surface area contributed by atoms with Gasteiger partial charge < -0.3 is 25.4 Å². The Hall–Kier alpha value is -2.73. The van der Waals surface area contributed by atoms with Gasteiger partial charge in [-0.2, -0.15) is 9.97 Å². The number of fused-ring (bicyclic) bond motifs is 1. The average molecular weight is 447 g/mol. The van der Waals surface area contributed by atoms with Crippen LogP contribution in [0.4, 0.5) is 17.5 Å². The lowest BCUT2D eigenvalue weighted by atomic mass is 9.98. The summed E-state index contributed by atoms with van der Waals surface area (Å²) < 4.78 is 26.6. The summed E-state index contributed by atoms with van der Waals surface area (Å²) in [5, 5.41) is 22.3. The summed E-state index contributed by atoms with van der Waals surface area (Å²) in [7, 11) is -3.66. The van der Waals surface area contributed by atoms with Crippen molar-refractivity contribution in [3.8, 4) is 0 Å². The van der Waals surface area contributed by atoms with Crippen molar-refractivity contribution in [2.45, 2.75) is 17.7 Å². The lowest BCUT2D eigenvalue weighted by molar-refractivity contribution is 0.203. The minimum absolute atomic E-state index is 0.0370. The Labute approximate surface area is 180 Å². The highest BCUT2D eigenvalue weighted by molar-refractivity contribution is 7.89. The Balaban J connectivity index is 1.55. The van der Waals surface area contributed by atoms with E-state index in [9.17, 15) is 13.5 Å². The monoisotopic (exact) mass is 446 g/mol. The van der Waals surface area contributed by atoms with E-state index in [2.05, 4.69) is 24.9 Å². The van der Waals surface area contributed by atoms with Gasteiger partial charge >= 0.3 is 0 Å². The molecule has 1 saturated heterocycles. The number of nitrogens with zero attached hydrogens (tertiary/aromatic N) is 3. The molecule has 5 N–H and O–H groups in total. The molecule has 1 aromatic carbocycles. The zero-order valence-corrected chi connectivity index (χ0v) is 17.8. The second-order valence-corrected chi connectivity index (χ2v) is 9.26. The van der Waals surface area contributed by atoms with Crippen LogP contribution in [0.15, 0.2) is 41.4 Å². The number of aromatic amines is 1. The van der Waals surface area contributed by atoms with Gasteiger partial charge in [-0.1, -0.05) is 0 Å². The molecule has 0 atom stereocenters. The van der Waals surface area contributed by atoms with Crippen molar-refractivity contribution < 1.29 is 18.6 Å². The Morgan fingerprint density at radius 2 is 1.84 bits per heavy atom. The highest BCUT2D eigenvalue weighted by Gasteiger charge is 2.22. The first-order valence-electron chi connectivity index (χ1n) is 10.2. The Bertz CT molecular complexity index is 1120. The molecule has 3 heterocycles. The summed E-state index contributed by atoms with van der Waals surface area (Å²) in [6, 6.07) is 8.20. The lowest BCUT2D eigenvalue weighted by Gasteiger charge is -2.32. The van der Waals surface area contributed by atoms with Crippen LogP contribution in [0.5, 0.6) is 0 Å². The summed E-state index contributed by atoms with van der Waals surface area (Å²) in [6.45, 7) is 1.54. The molecule has 3 aromatic rings. The van der Waals surface area contributed by atoms with Crippen molar-refractivity contribution in [2.75, 3.05) is 43.1 Å². The fourth-order valence-electron chi connectivity index (χ4n) is 3.66. The highest BCUT2D eigenvalue weighted by Crippen LogP contribution is 2.29. The molecule has 2 aromatic heterocycles. The van der Waals surface area contributed by atoms with E-state index in [0.717, 1.165) is 37.1 Å². The molecule has 31 heavy (non-hydrogen) atoms. The van der Waals surface area contributed by atoms with Crippen LogP contribution >= 0.6 is 0 Å². The van der Waals surface area contributed by atoms with Gasteiger partial charge in [0.1, 0.15) is 11.5 Å². The molecule has 0 saturated carbocycles. The number of hydrogen-bond donors (Lipinski definition) is 5. The SMILES string of the molecule is O=S(=O)(NCCO)c1ccc(Nc2nc(N3CCC(CO)CC3)c3cc[nH]c3n2)cc1. The maximum atomic E-state index is 12.1. The predicted octanol–water partition coefficient (Wildman–Crippen LogP) is 1.18. The molecular formula is C20H26N6O4S. The smallest absolute Gasteiger partial charge is 0.240 e. The van der Waals surface area contributed by atoms with Gasteiger partial charge in [-0.3, -0.25) is 0 Å². The number of sulfonamides is 1. The number of aromatic nitrogens is 3. The number of hydrogen-bond acceptors (Lipinski definition) is 8. The van der Waals surface area contributed by atoms with E-state index in [1.54, 1.807) is 12.1 Å². The van der Waals surface area contributed by atoms with Crippen LogP contribution < -0.4 is 14.9 Å². The lowest BCUT2D eigenvalue weighted by Crippen LogP contribution is -2.35. The largest absolute Gasteiger partial charge is 0.396 e. The van der Waals surface area contributed by atoms with Gasteiger partial charge in [-0.15, -0.1) is 0 Å². The van der Waals surface area contributed by atoms with Crippen LogP contribution in [-0.2, 0) is 10.0 Å². The minimum atomic E-state index is -3.66. The molecule has 0 unspecified atom stereocenters. The maximum absolute atomic E-state index is 12.1. The summed E-state index contributed by atoms with van der Waals surface area (Å²) in [5.74, 6) is 1.57. The van der Waals surface area contributed by atoms with E-state index in [1.807, 2.05) is 12.3 Å². The molecule has 0 aliphatic carbocycles. The molecule has 1 aliphatic rings. The molecule has 0 amide bonds. The minimum Gasteiger partial charge on any atom is -0.396 e. The van der Waals surface area contributed by atoms with Crippen LogP contribution in [0.3, 0.4) is 0 Å². The first-order chi connectivity index (χ1) is 15.0. The molecule has 0 bridgehead atoms. The number of aliphatic hydroxyl groups excluding tert-OH is 2. The molecule has 10 nitrogen and oxygen atoms in total. The quantitative estimate of drug-likeness (QED) is 0.347. The number of H-pyrrole nitrogens is 1. The number of aliphatic hydroxyl groups is 2. The number of nitrogens with one attached hydrogen (secondary N) is 3. The molecule has 1 aliphatic heterocycles. The van der Waals surface area contributed by atoms with Gasteiger partial charge in [0.15, 0.2) is 0 Å². The standard InChI is InChI=1S/C20H26N6O4S/c27-12-9-22-31(29,30)16-3-1-15(2-4-16)23-20-24-18-17(5-8-21-18)19(25-20)26-10-6-14(13-28)7-11-26/h1-5,8,14,22,27-28H,6-7,9-13H2,(H2,21,23,24,25). The van der Waals surface area contributed by atoms with E-state index in [1.165, 1.54) is 12.1 Å². The van der Waals surface area contributed by atoms with E-state index in [-0.39, 0.29) is 24.7 Å². The van der Waals surface area contributed by atoms with Crippen molar-refractivity contribution >= 4 is 38.5 Å². The third-order valence-electron chi connectivity index (χ3n) is 5.39. The molecule has 4 rings (SSSR count). The summed E-state index contributed by atoms with van der Waals surface area (Å²) in [6.07, 6.45) is 3.65. The zero-order chi connectivity index (χ0) is 21.8. The van der Waals surface area contributed by atoms with Crippen LogP contribution in [0, 0.1) is 5.92 Å². The van der Waals surface area contributed by atoms with Crippen molar-refractivity contribution in [3.63, 3.8) is 0 Å². The molecule has 11 heteroatoms. The predicted molar refractivity (Wildman–Crippen MR) is 118 cm³/mol. The highest BCUT2D eigenvalue weighted by atomic mass is 32.2. The van der Waals surface area contributed by atoms with Gasteiger partial charge in [0.05, 0.1) is 16.9 Å². The molecule has 0 spiro atoms. The van der Waals surface area contributed by atoms with Crippen molar-refractivity contribution in [2.24, 2.45) is 5.92 Å². The number of piperidine rings is 1.